The number of hydrogen-bond donors (Lipinski definition) is 0. The van der Waals surface area contributed by atoms with Crippen LogP contribution in [0.1, 0.15) is 27.2 Å². The molecule has 1 rings (SSSR count). The maximum absolute atomic E-state index is 5.38. The molecule has 1 heterocycles. The summed E-state index contributed by atoms with van der Waals surface area (Å²) in [6.07, 6.45) is 3.49. The van der Waals surface area contributed by atoms with Crippen LogP contribution >= 0.6 is 11.8 Å². The minimum atomic E-state index is 0.396. The molecular weight excluding hydrogens is 206 g/mol. The normalized spacial score (nSPS) is 21.6. The van der Waals surface area contributed by atoms with E-state index in [4.69, 9.17) is 4.74 Å². The number of nitrogens with zero attached hydrogens (tertiary/aromatic N) is 1. The summed E-state index contributed by atoms with van der Waals surface area (Å²) in [5.41, 5.74) is 0. The Hall–Kier alpha value is 0.270. The van der Waals surface area contributed by atoms with Crippen LogP contribution < -0.4 is 0 Å². The van der Waals surface area contributed by atoms with Gasteiger partial charge in [-0.3, -0.25) is 4.90 Å². The molecule has 1 atom stereocenters. The standard InChI is InChI=1S/C12H25NOS/c1-5-11(12(2,3)15-4)10-13-6-8-14-9-7-13/h11H,5-10H2,1-4H3/t11-/m0/s1. The van der Waals surface area contributed by atoms with Gasteiger partial charge in [0.2, 0.25) is 0 Å². The Balaban J connectivity index is 2.44. The Morgan fingerprint density at radius 3 is 2.40 bits per heavy atom. The van der Waals surface area contributed by atoms with E-state index in [1.165, 1.54) is 13.0 Å². The van der Waals surface area contributed by atoms with Crippen LogP contribution in [-0.2, 0) is 4.74 Å². The van der Waals surface area contributed by atoms with Crippen LogP contribution in [0.15, 0.2) is 0 Å². The Labute approximate surface area is 98.7 Å². The van der Waals surface area contributed by atoms with Crippen molar-refractivity contribution < 1.29 is 4.74 Å². The zero-order chi connectivity index (χ0) is 11.3. The molecular formula is C12H25NOS. The maximum atomic E-state index is 5.38. The molecule has 0 N–H and O–H groups in total. The Kier molecular flexibility index (Phi) is 5.44. The van der Waals surface area contributed by atoms with Crippen molar-refractivity contribution in [2.75, 3.05) is 39.1 Å². The van der Waals surface area contributed by atoms with Gasteiger partial charge in [-0.2, -0.15) is 11.8 Å². The number of morpholine rings is 1. The minimum Gasteiger partial charge on any atom is -0.379 e. The number of hydrogen-bond acceptors (Lipinski definition) is 3. The van der Waals surface area contributed by atoms with E-state index >= 15 is 0 Å². The molecule has 0 aromatic carbocycles. The topological polar surface area (TPSA) is 12.5 Å². The number of rotatable bonds is 5. The first kappa shape index (κ1) is 13.3. The van der Waals surface area contributed by atoms with Crippen molar-refractivity contribution in [2.24, 2.45) is 5.92 Å². The first-order chi connectivity index (χ1) is 7.10. The van der Waals surface area contributed by atoms with E-state index in [1.54, 1.807) is 0 Å². The van der Waals surface area contributed by atoms with Gasteiger partial charge in [0.15, 0.2) is 0 Å². The second-order valence-electron chi connectivity index (χ2n) is 4.83. The third kappa shape index (κ3) is 3.97. The van der Waals surface area contributed by atoms with Crippen LogP contribution in [0.2, 0.25) is 0 Å². The highest BCUT2D eigenvalue weighted by Crippen LogP contribution is 2.33. The molecule has 0 bridgehead atoms. The maximum Gasteiger partial charge on any atom is 0.0594 e. The lowest BCUT2D eigenvalue weighted by Gasteiger charge is -2.37. The largest absolute Gasteiger partial charge is 0.379 e. The van der Waals surface area contributed by atoms with Gasteiger partial charge < -0.3 is 4.74 Å². The highest BCUT2D eigenvalue weighted by Gasteiger charge is 2.29. The highest BCUT2D eigenvalue weighted by atomic mass is 32.2. The molecule has 1 saturated heterocycles. The molecule has 0 aliphatic carbocycles. The molecule has 1 aliphatic heterocycles. The Bertz CT molecular complexity index is 178. The van der Waals surface area contributed by atoms with Gasteiger partial charge in [-0.25, -0.2) is 0 Å². The second-order valence-corrected chi connectivity index (χ2v) is 6.29. The molecule has 0 aromatic heterocycles. The van der Waals surface area contributed by atoms with Gasteiger partial charge >= 0.3 is 0 Å². The molecule has 3 heteroatoms. The van der Waals surface area contributed by atoms with E-state index in [2.05, 4.69) is 31.9 Å². The number of thioether (sulfide) groups is 1. The highest BCUT2D eigenvalue weighted by molar-refractivity contribution is 7.99. The quantitative estimate of drug-likeness (QED) is 0.721. The van der Waals surface area contributed by atoms with Crippen molar-refractivity contribution in [3.05, 3.63) is 0 Å². The van der Waals surface area contributed by atoms with E-state index in [0.29, 0.717) is 4.75 Å². The lowest BCUT2D eigenvalue weighted by atomic mass is 9.91. The van der Waals surface area contributed by atoms with Crippen LogP contribution in [0.25, 0.3) is 0 Å². The van der Waals surface area contributed by atoms with Crippen LogP contribution in [0.3, 0.4) is 0 Å². The van der Waals surface area contributed by atoms with Crippen molar-refractivity contribution in [1.29, 1.82) is 0 Å². The van der Waals surface area contributed by atoms with E-state index in [0.717, 1.165) is 32.2 Å². The molecule has 90 valence electrons. The average molecular weight is 231 g/mol. The summed E-state index contributed by atoms with van der Waals surface area (Å²) in [6.45, 7) is 12.3. The third-order valence-corrected chi connectivity index (χ3v) is 4.97. The van der Waals surface area contributed by atoms with Crippen molar-refractivity contribution >= 4 is 11.8 Å². The van der Waals surface area contributed by atoms with E-state index in [-0.39, 0.29) is 0 Å². The van der Waals surface area contributed by atoms with Crippen molar-refractivity contribution in [2.45, 2.75) is 31.9 Å². The first-order valence-electron chi connectivity index (χ1n) is 5.95. The third-order valence-electron chi connectivity index (χ3n) is 3.58. The van der Waals surface area contributed by atoms with Gasteiger partial charge in [0.1, 0.15) is 0 Å². The summed E-state index contributed by atoms with van der Waals surface area (Å²) < 4.78 is 5.78. The zero-order valence-corrected chi connectivity index (χ0v) is 11.4. The van der Waals surface area contributed by atoms with Gasteiger partial charge in [0.05, 0.1) is 13.2 Å². The summed E-state index contributed by atoms with van der Waals surface area (Å²) in [7, 11) is 0. The molecule has 15 heavy (non-hydrogen) atoms. The summed E-state index contributed by atoms with van der Waals surface area (Å²) >= 11 is 1.99. The molecule has 0 amide bonds. The fourth-order valence-corrected chi connectivity index (χ4v) is 2.68. The van der Waals surface area contributed by atoms with Gasteiger partial charge in [-0.1, -0.05) is 27.2 Å². The fourth-order valence-electron chi connectivity index (χ4n) is 2.10. The van der Waals surface area contributed by atoms with Gasteiger partial charge in [0, 0.05) is 24.4 Å². The van der Waals surface area contributed by atoms with E-state index in [1.807, 2.05) is 11.8 Å². The zero-order valence-electron chi connectivity index (χ0n) is 10.6. The smallest absolute Gasteiger partial charge is 0.0594 e. The molecule has 2 nitrogen and oxygen atoms in total. The van der Waals surface area contributed by atoms with E-state index < -0.39 is 0 Å². The van der Waals surface area contributed by atoms with Crippen LogP contribution in [0.4, 0.5) is 0 Å². The monoisotopic (exact) mass is 231 g/mol. The molecule has 0 unspecified atom stereocenters. The van der Waals surface area contributed by atoms with Crippen LogP contribution in [0.5, 0.6) is 0 Å². The van der Waals surface area contributed by atoms with Gasteiger partial charge in [-0.05, 0) is 12.2 Å². The fraction of sp³-hybridized carbons (Fsp3) is 1.00. The molecule has 0 saturated carbocycles. The van der Waals surface area contributed by atoms with Crippen molar-refractivity contribution in [3.8, 4) is 0 Å². The lowest BCUT2D eigenvalue weighted by Crippen LogP contribution is -2.43. The van der Waals surface area contributed by atoms with Gasteiger partial charge in [0.25, 0.3) is 0 Å². The van der Waals surface area contributed by atoms with Gasteiger partial charge in [-0.15, -0.1) is 0 Å². The SMILES string of the molecule is CC[C@@H](CN1CCOCC1)C(C)(C)SC. The lowest BCUT2D eigenvalue weighted by molar-refractivity contribution is 0.0282. The number of ether oxygens (including phenoxy) is 1. The van der Waals surface area contributed by atoms with Crippen molar-refractivity contribution in [3.63, 3.8) is 0 Å². The molecule has 0 radical (unpaired) electrons. The Morgan fingerprint density at radius 2 is 1.93 bits per heavy atom. The van der Waals surface area contributed by atoms with Crippen LogP contribution in [-0.4, -0.2) is 48.8 Å². The molecule has 1 fully saturated rings. The molecule has 0 spiro atoms. The average Bonchev–Trinajstić information content (AvgIpc) is 2.27. The van der Waals surface area contributed by atoms with Crippen LogP contribution in [0, 0.1) is 5.92 Å². The molecule has 1 aliphatic rings. The predicted octanol–water partition coefficient (Wildman–Crippen LogP) is 2.49. The molecule has 0 aromatic rings. The Morgan fingerprint density at radius 1 is 1.33 bits per heavy atom. The first-order valence-corrected chi connectivity index (χ1v) is 7.18. The summed E-state index contributed by atoms with van der Waals surface area (Å²) in [5.74, 6) is 0.783. The minimum absolute atomic E-state index is 0.396. The van der Waals surface area contributed by atoms with E-state index in [9.17, 15) is 0 Å². The van der Waals surface area contributed by atoms with Crippen molar-refractivity contribution in [1.82, 2.24) is 4.90 Å². The summed E-state index contributed by atoms with van der Waals surface area (Å²) in [6, 6.07) is 0. The predicted molar refractivity (Wildman–Crippen MR) is 68.6 cm³/mol. The second kappa shape index (κ2) is 6.12. The summed E-state index contributed by atoms with van der Waals surface area (Å²) in [5, 5.41) is 0. The summed E-state index contributed by atoms with van der Waals surface area (Å²) in [4.78, 5) is 2.55.